The summed E-state index contributed by atoms with van der Waals surface area (Å²) in [6.45, 7) is 7.80. The molecule has 0 spiro atoms. The second kappa shape index (κ2) is 6.05. The minimum absolute atomic E-state index is 0.576. The third kappa shape index (κ3) is 3.00. The molecule has 5 nitrogen and oxygen atoms in total. The molecule has 18 heavy (non-hydrogen) atoms. The molecule has 1 aliphatic rings. The number of guanidine groups is 1. The molecule has 0 bridgehead atoms. The van der Waals surface area contributed by atoms with Gasteiger partial charge in [-0.25, -0.2) is 9.98 Å². The van der Waals surface area contributed by atoms with Crippen LogP contribution in [0.4, 0.5) is 5.82 Å². The molecule has 96 valence electrons. The van der Waals surface area contributed by atoms with Gasteiger partial charge >= 0.3 is 0 Å². The molecule has 0 aromatic carbocycles. The molecule has 2 heterocycles. The Balaban J connectivity index is 1.90. The molecule has 0 unspecified atom stereocenters. The quantitative estimate of drug-likeness (QED) is 0.484. The number of hydrogen-bond acceptors (Lipinski definition) is 3. The molecule has 0 aliphatic carbocycles. The molecule has 2 N–H and O–H groups in total. The van der Waals surface area contributed by atoms with Gasteiger partial charge in [0.15, 0.2) is 5.96 Å². The molecule has 2 rings (SSSR count). The lowest BCUT2D eigenvalue weighted by molar-refractivity contribution is 0.380. The Bertz CT molecular complexity index is 407. The topological polar surface area (TPSA) is 57.8 Å². The standard InChI is InChI=1S/C13H19N5/c1-2-6-16-13(14)18-10-8-17(9-11-18)12-5-3-4-7-15-12/h2-5,7H,1,6,8-11H2,(H2,14,16). The van der Waals surface area contributed by atoms with E-state index >= 15 is 0 Å². The highest BCUT2D eigenvalue weighted by Gasteiger charge is 2.18. The predicted octanol–water partition coefficient (Wildman–Crippen LogP) is 0.704. The zero-order valence-corrected chi connectivity index (χ0v) is 10.5. The first-order valence-corrected chi connectivity index (χ1v) is 6.13. The van der Waals surface area contributed by atoms with E-state index in [1.54, 1.807) is 6.08 Å². The second-order valence-corrected chi connectivity index (χ2v) is 4.15. The molecule has 1 aromatic rings. The Hall–Kier alpha value is -2.04. The number of nitrogens with zero attached hydrogens (tertiary/aromatic N) is 4. The third-order valence-electron chi connectivity index (χ3n) is 2.96. The maximum atomic E-state index is 5.91. The Morgan fingerprint density at radius 1 is 1.39 bits per heavy atom. The first-order chi connectivity index (χ1) is 8.81. The molecule has 0 atom stereocenters. The highest BCUT2D eigenvalue weighted by molar-refractivity contribution is 5.78. The van der Waals surface area contributed by atoms with Gasteiger partial charge in [0.05, 0.1) is 6.54 Å². The van der Waals surface area contributed by atoms with E-state index in [4.69, 9.17) is 5.73 Å². The number of nitrogens with two attached hydrogens (primary N) is 1. The fourth-order valence-electron chi connectivity index (χ4n) is 1.96. The maximum absolute atomic E-state index is 5.91. The van der Waals surface area contributed by atoms with Crippen molar-refractivity contribution in [3.05, 3.63) is 37.1 Å². The van der Waals surface area contributed by atoms with Crippen LogP contribution < -0.4 is 10.6 Å². The van der Waals surface area contributed by atoms with E-state index in [2.05, 4.69) is 26.4 Å². The van der Waals surface area contributed by atoms with Crippen molar-refractivity contribution in [3.63, 3.8) is 0 Å². The number of pyridine rings is 1. The molecule has 0 radical (unpaired) electrons. The van der Waals surface area contributed by atoms with Crippen LogP contribution in [0, 0.1) is 0 Å². The number of piperazine rings is 1. The number of aliphatic imine (C=N–C) groups is 1. The van der Waals surface area contributed by atoms with Gasteiger partial charge in [0.1, 0.15) is 5.82 Å². The van der Waals surface area contributed by atoms with Crippen LogP contribution in [-0.4, -0.2) is 48.6 Å². The van der Waals surface area contributed by atoms with Crippen LogP contribution in [0.5, 0.6) is 0 Å². The predicted molar refractivity (Wildman–Crippen MR) is 74.7 cm³/mol. The summed E-state index contributed by atoms with van der Waals surface area (Å²) in [7, 11) is 0. The van der Waals surface area contributed by atoms with Crippen molar-refractivity contribution in [2.24, 2.45) is 10.7 Å². The highest BCUT2D eigenvalue weighted by Crippen LogP contribution is 2.12. The lowest BCUT2D eigenvalue weighted by Crippen LogP contribution is -2.51. The number of rotatable bonds is 3. The summed E-state index contributed by atoms with van der Waals surface area (Å²) in [5, 5.41) is 0. The van der Waals surface area contributed by atoms with Crippen molar-refractivity contribution in [2.75, 3.05) is 37.6 Å². The first-order valence-electron chi connectivity index (χ1n) is 6.13. The van der Waals surface area contributed by atoms with Gasteiger partial charge in [0.25, 0.3) is 0 Å². The Kier molecular flexibility index (Phi) is 4.17. The molecule has 0 amide bonds. The number of hydrogen-bond donors (Lipinski definition) is 1. The van der Waals surface area contributed by atoms with Crippen molar-refractivity contribution in [1.82, 2.24) is 9.88 Å². The lowest BCUT2D eigenvalue weighted by Gasteiger charge is -2.35. The Labute approximate surface area is 108 Å². The van der Waals surface area contributed by atoms with Crippen LogP contribution in [0.15, 0.2) is 42.0 Å². The van der Waals surface area contributed by atoms with Crippen molar-refractivity contribution in [1.29, 1.82) is 0 Å². The van der Waals surface area contributed by atoms with Crippen LogP contribution in [0.1, 0.15) is 0 Å². The summed E-state index contributed by atoms with van der Waals surface area (Å²) < 4.78 is 0. The first kappa shape index (κ1) is 12.4. The Morgan fingerprint density at radius 3 is 2.78 bits per heavy atom. The Morgan fingerprint density at radius 2 is 2.17 bits per heavy atom. The molecule has 0 saturated carbocycles. The summed E-state index contributed by atoms with van der Waals surface area (Å²) >= 11 is 0. The summed E-state index contributed by atoms with van der Waals surface area (Å²) in [6.07, 6.45) is 3.57. The van der Waals surface area contributed by atoms with Gasteiger partial charge in [0.2, 0.25) is 0 Å². The number of aromatic nitrogens is 1. The molecule has 1 saturated heterocycles. The van der Waals surface area contributed by atoms with Crippen LogP contribution in [0.25, 0.3) is 0 Å². The molecule has 1 aromatic heterocycles. The zero-order chi connectivity index (χ0) is 12.8. The van der Waals surface area contributed by atoms with Crippen LogP contribution in [-0.2, 0) is 0 Å². The van der Waals surface area contributed by atoms with Gasteiger partial charge < -0.3 is 15.5 Å². The summed E-state index contributed by atoms with van der Waals surface area (Å²) in [5.74, 6) is 1.63. The summed E-state index contributed by atoms with van der Waals surface area (Å²) in [4.78, 5) is 12.9. The second-order valence-electron chi connectivity index (χ2n) is 4.15. The minimum atomic E-state index is 0.576. The average molecular weight is 245 g/mol. The van der Waals surface area contributed by atoms with E-state index in [1.807, 2.05) is 24.4 Å². The monoisotopic (exact) mass is 245 g/mol. The molecular formula is C13H19N5. The van der Waals surface area contributed by atoms with Crippen molar-refractivity contribution in [3.8, 4) is 0 Å². The molecule has 5 heteroatoms. The van der Waals surface area contributed by atoms with Gasteiger partial charge in [-0.15, -0.1) is 6.58 Å². The average Bonchev–Trinajstić information content (AvgIpc) is 2.46. The van der Waals surface area contributed by atoms with E-state index < -0.39 is 0 Å². The molecule has 1 aliphatic heterocycles. The van der Waals surface area contributed by atoms with Crippen molar-refractivity contribution in [2.45, 2.75) is 0 Å². The maximum Gasteiger partial charge on any atom is 0.191 e. The van der Waals surface area contributed by atoms with E-state index in [0.29, 0.717) is 12.5 Å². The normalized spacial score (nSPS) is 16.8. The summed E-state index contributed by atoms with van der Waals surface area (Å²) in [6, 6.07) is 5.97. The largest absolute Gasteiger partial charge is 0.370 e. The number of anilines is 1. The molecule has 1 fully saturated rings. The SMILES string of the molecule is C=CCN=C(N)N1CCN(c2ccccn2)CC1. The lowest BCUT2D eigenvalue weighted by atomic mass is 10.3. The van der Waals surface area contributed by atoms with Gasteiger partial charge in [-0.1, -0.05) is 12.1 Å². The fraction of sp³-hybridized carbons (Fsp3) is 0.385. The van der Waals surface area contributed by atoms with E-state index in [-0.39, 0.29) is 0 Å². The van der Waals surface area contributed by atoms with E-state index in [9.17, 15) is 0 Å². The third-order valence-corrected chi connectivity index (χ3v) is 2.96. The van der Waals surface area contributed by atoms with Crippen LogP contribution in [0.2, 0.25) is 0 Å². The van der Waals surface area contributed by atoms with E-state index in [1.165, 1.54) is 0 Å². The zero-order valence-electron chi connectivity index (χ0n) is 10.5. The van der Waals surface area contributed by atoms with Crippen molar-refractivity contribution < 1.29 is 0 Å². The smallest absolute Gasteiger partial charge is 0.191 e. The van der Waals surface area contributed by atoms with Crippen molar-refractivity contribution >= 4 is 11.8 Å². The van der Waals surface area contributed by atoms with E-state index in [0.717, 1.165) is 32.0 Å². The molecular weight excluding hydrogens is 226 g/mol. The fourth-order valence-corrected chi connectivity index (χ4v) is 1.96. The van der Waals surface area contributed by atoms with Gasteiger partial charge in [-0.2, -0.15) is 0 Å². The van der Waals surface area contributed by atoms with Crippen LogP contribution in [0.3, 0.4) is 0 Å². The van der Waals surface area contributed by atoms with Gasteiger partial charge in [0, 0.05) is 32.4 Å². The summed E-state index contributed by atoms with van der Waals surface area (Å²) in [5.41, 5.74) is 5.91. The minimum Gasteiger partial charge on any atom is -0.370 e. The van der Waals surface area contributed by atoms with Crippen LogP contribution >= 0.6 is 0 Å². The highest BCUT2D eigenvalue weighted by atomic mass is 15.3. The van der Waals surface area contributed by atoms with Gasteiger partial charge in [-0.05, 0) is 12.1 Å². The van der Waals surface area contributed by atoms with Gasteiger partial charge in [-0.3, -0.25) is 0 Å².